The molecule has 0 N–H and O–H groups in total. The molecule has 4 fully saturated rings. The Morgan fingerprint density at radius 2 is 1.03 bits per heavy atom. The first-order valence-corrected chi connectivity index (χ1v) is 16.6. The molecule has 38 heavy (non-hydrogen) atoms. The van der Waals surface area contributed by atoms with Crippen LogP contribution in [0.1, 0.15) is 80.6 Å². The average Bonchev–Trinajstić information content (AvgIpc) is 3.37. The van der Waals surface area contributed by atoms with Crippen LogP contribution >= 0.6 is 0 Å². The van der Waals surface area contributed by atoms with Gasteiger partial charge in [-0.2, -0.15) is 0 Å². The highest BCUT2D eigenvalue weighted by Gasteiger charge is 2.32. The van der Waals surface area contributed by atoms with Crippen molar-refractivity contribution in [2.24, 2.45) is 11.8 Å². The van der Waals surface area contributed by atoms with E-state index in [9.17, 15) is 0 Å². The Labute approximate surface area is 237 Å². The van der Waals surface area contributed by atoms with Crippen molar-refractivity contribution in [1.82, 2.24) is 29.4 Å². The molecule has 0 spiro atoms. The Morgan fingerprint density at radius 1 is 0.526 bits per heavy atom. The molecule has 0 bridgehead atoms. The van der Waals surface area contributed by atoms with Crippen LogP contribution in [0, 0.1) is 11.8 Å². The Hall–Kier alpha value is -0.240. The van der Waals surface area contributed by atoms with Gasteiger partial charge in [-0.1, -0.05) is 0 Å². The van der Waals surface area contributed by atoms with E-state index in [1.54, 1.807) is 0 Å². The fourth-order valence-corrected chi connectivity index (χ4v) is 7.77. The second-order valence-electron chi connectivity index (χ2n) is 14.3. The highest BCUT2D eigenvalue weighted by molar-refractivity contribution is 4.87. The molecule has 0 aromatic carbocycles. The monoisotopic (exact) mass is 533 g/mol. The fourth-order valence-electron chi connectivity index (χ4n) is 7.77. The highest BCUT2D eigenvalue weighted by Crippen LogP contribution is 2.25. The number of piperidine rings is 1. The molecule has 4 atom stereocenters. The van der Waals surface area contributed by atoms with E-state index in [1.165, 1.54) is 117 Å². The Kier molecular flexibility index (Phi) is 11.8. The van der Waals surface area contributed by atoms with Crippen molar-refractivity contribution in [3.8, 4) is 0 Å². The van der Waals surface area contributed by atoms with Crippen molar-refractivity contribution >= 4 is 0 Å². The van der Waals surface area contributed by atoms with Crippen molar-refractivity contribution in [2.75, 3.05) is 85.1 Å². The number of hydrogen-bond acceptors (Lipinski definition) is 6. The van der Waals surface area contributed by atoms with Gasteiger partial charge >= 0.3 is 0 Å². The standard InChI is InChI=1S/C32H64N6/c1-26(2)34-13-10-31(11-14-34)24-38-21-20-37(22-30(38)7)29(6)9-8-28(5)36-15-12-32(25-36)23-33-16-18-35(19-17-33)27(3)4/h26-32H,8-25H2,1-7H3. The number of likely N-dealkylation sites (tertiary alicyclic amines) is 2. The zero-order valence-corrected chi connectivity index (χ0v) is 26.5. The van der Waals surface area contributed by atoms with E-state index < -0.39 is 0 Å². The molecule has 4 rings (SSSR count). The normalized spacial score (nSPS) is 30.6. The van der Waals surface area contributed by atoms with E-state index in [2.05, 4.69) is 77.9 Å². The van der Waals surface area contributed by atoms with Gasteiger partial charge in [-0.05, 0) is 112 Å². The van der Waals surface area contributed by atoms with Gasteiger partial charge < -0.3 is 14.7 Å². The minimum absolute atomic E-state index is 0.701. The van der Waals surface area contributed by atoms with Crippen molar-refractivity contribution in [2.45, 2.75) is 111 Å². The van der Waals surface area contributed by atoms with Gasteiger partial charge in [0.1, 0.15) is 0 Å². The number of hydrogen-bond donors (Lipinski definition) is 0. The molecule has 4 unspecified atom stereocenters. The molecule has 0 aromatic heterocycles. The third kappa shape index (κ3) is 8.63. The Morgan fingerprint density at radius 3 is 1.61 bits per heavy atom. The summed E-state index contributed by atoms with van der Waals surface area (Å²) < 4.78 is 0. The maximum absolute atomic E-state index is 2.81. The zero-order valence-electron chi connectivity index (χ0n) is 26.5. The van der Waals surface area contributed by atoms with Crippen molar-refractivity contribution < 1.29 is 0 Å². The van der Waals surface area contributed by atoms with Crippen LogP contribution in [-0.4, -0.2) is 145 Å². The summed E-state index contributed by atoms with van der Waals surface area (Å²) in [5.74, 6) is 1.79. The maximum atomic E-state index is 2.81. The molecule has 222 valence electrons. The lowest BCUT2D eigenvalue weighted by Gasteiger charge is -2.45. The molecule has 0 saturated carbocycles. The van der Waals surface area contributed by atoms with Gasteiger partial charge in [-0.3, -0.25) is 14.7 Å². The summed E-state index contributed by atoms with van der Waals surface area (Å²) in [6.45, 7) is 33.6. The van der Waals surface area contributed by atoms with Crippen molar-refractivity contribution in [1.29, 1.82) is 0 Å². The van der Waals surface area contributed by atoms with Gasteiger partial charge in [0, 0.05) is 95.7 Å². The Bertz CT molecular complexity index is 669. The summed E-state index contributed by atoms with van der Waals surface area (Å²) in [4.78, 5) is 16.5. The van der Waals surface area contributed by atoms with Gasteiger partial charge in [0.05, 0.1) is 0 Å². The summed E-state index contributed by atoms with van der Waals surface area (Å²) in [7, 11) is 0. The first-order valence-electron chi connectivity index (χ1n) is 16.6. The third-order valence-electron chi connectivity index (χ3n) is 10.9. The molecule has 4 aliphatic rings. The molecular weight excluding hydrogens is 468 g/mol. The lowest BCUT2D eigenvalue weighted by molar-refractivity contribution is 0.0342. The quantitative estimate of drug-likeness (QED) is 0.398. The summed E-state index contributed by atoms with van der Waals surface area (Å²) in [5.41, 5.74) is 0. The topological polar surface area (TPSA) is 19.4 Å². The van der Waals surface area contributed by atoms with E-state index >= 15 is 0 Å². The van der Waals surface area contributed by atoms with Crippen LogP contribution < -0.4 is 0 Å². The van der Waals surface area contributed by atoms with Gasteiger partial charge in [0.25, 0.3) is 0 Å². The Balaban J connectivity index is 1.10. The summed E-state index contributed by atoms with van der Waals surface area (Å²) in [6, 6.07) is 3.56. The molecule has 4 aliphatic heterocycles. The van der Waals surface area contributed by atoms with Gasteiger partial charge in [-0.25, -0.2) is 0 Å². The van der Waals surface area contributed by atoms with Crippen LogP contribution in [0.15, 0.2) is 0 Å². The van der Waals surface area contributed by atoms with E-state index in [0.29, 0.717) is 24.2 Å². The lowest BCUT2D eigenvalue weighted by Crippen LogP contribution is -2.55. The fraction of sp³-hybridized carbons (Fsp3) is 1.00. The molecule has 4 heterocycles. The van der Waals surface area contributed by atoms with Gasteiger partial charge in [0.15, 0.2) is 0 Å². The van der Waals surface area contributed by atoms with Gasteiger partial charge in [-0.15, -0.1) is 0 Å². The van der Waals surface area contributed by atoms with Crippen LogP contribution in [0.4, 0.5) is 0 Å². The lowest BCUT2D eigenvalue weighted by atomic mass is 9.94. The molecular formula is C32H64N6. The summed E-state index contributed by atoms with van der Waals surface area (Å²) in [6.07, 6.45) is 6.89. The van der Waals surface area contributed by atoms with E-state index in [4.69, 9.17) is 0 Å². The number of piperazine rings is 2. The van der Waals surface area contributed by atoms with E-state index in [-0.39, 0.29) is 0 Å². The van der Waals surface area contributed by atoms with Crippen LogP contribution in [0.3, 0.4) is 0 Å². The van der Waals surface area contributed by atoms with Crippen LogP contribution in [-0.2, 0) is 0 Å². The maximum Gasteiger partial charge on any atom is 0.0195 e. The van der Waals surface area contributed by atoms with E-state index in [1.807, 2.05) is 0 Å². The molecule has 0 aliphatic carbocycles. The first-order chi connectivity index (χ1) is 18.2. The largest absolute Gasteiger partial charge is 0.301 e. The predicted molar refractivity (Wildman–Crippen MR) is 163 cm³/mol. The van der Waals surface area contributed by atoms with E-state index in [0.717, 1.165) is 17.9 Å². The van der Waals surface area contributed by atoms with Crippen LogP contribution in [0.2, 0.25) is 0 Å². The second-order valence-corrected chi connectivity index (χ2v) is 14.3. The van der Waals surface area contributed by atoms with Crippen molar-refractivity contribution in [3.63, 3.8) is 0 Å². The predicted octanol–water partition coefficient (Wildman–Crippen LogP) is 4.02. The molecule has 4 saturated heterocycles. The zero-order chi connectivity index (χ0) is 27.2. The molecule has 6 heteroatoms. The van der Waals surface area contributed by atoms with Gasteiger partial charge in [0.2, 0.25) is 0 Å². The number of nitrogens with zero attached hydrogens (tertiary/aromatic N) is 6. The third-order valence-corrected chi connectivity index (χ3v) is 10.9. The first kappa shape index (κ1) is 30.7. The second kappa shape index (κ2) is 14.6. The minimum atomic E-state index is 0.701. The SMILES string of the molecule is CC(C)N1CCC(CN2CCN(C(C)CCC(C)N3CCC(CN4CCN(C(C)C)CC4)C3)CC2C)CC1. The highest BCUT2D eigenvalue weighted by atomic mass is 15.3. The molecule has 6 nitrogen and oxygen atoms in total. The molecule has 0 aromatic rings. The number of rotatable bonds is 11. The van der Waals surface area contributed by atoms with Crippen molar-refractivity contribution in [3.05, 3.63) is 0 Å². The summed E-state index contributed by atoms with van der Waals surface area (Å²) in [5, 5.41) is 0. The summed E-state index contributed by atoms with van der Waals surface area (Å²) >= 11 is 0. The smallest absolute Gasteiger partial charge is 0.0195 e. The average molecular weight is 533 g/mol. The van der Waals surface area contributed by atoms with Crippen LogP contribution in [0.25, 0.3) is 0 Å². The van der Waals surface area contributed by atoms with Crippen LogP contribution in [0.5, 0.6) is 0 Å². The minimum Gasteiger partial charge on any atom is -0.301 e. The molecule has 0 radical (unpaired) electrons. The molecule has 0 amide bonds.